The average Bonchev–Trinajstić information content (AvgIpc) is 2.82. The van der Waals surface area contributed by atoms with E-state index in [2.05, 4.69) is 0 Å². The van der Waals surface area contributed by atoms with E-state index in [9.17, 15) is 19.8 Å². The number of aliphatic hydroxyl groups is 2. The van der Waals surface area contributed by atoms with E-state index in [-0.39, 0.29) is 31.7 Å². The van der Waals surface area contributed by atoms with Gasteiger partial charge in [0.1, 0.15) is 5.78 Å². The minimum atomic E-state index is -2.90. The van der Waals surface area contributed by atoms with Crippen molar-refractivity contribution in [3.8, 4) is 0 Å². The van der Waals surface area contributed by atoms with Crippen LogP contribution in [0.5, 0.6) is 0 Å². The van der Waals surface area contributed by atoms with Gasteiger partial charge in [0.25, 0.3) is 0 Å². The lowest BCUT2D eigenvalue weighted by atomic mass is 9.90. The Hall–Kier alpha value is -1.72. The van der Waals surface area contributed by atoms with Crippen LogP contribution in [-0.2, 0) is 9.59 Å². The van der Waals surface area contributed by atoms with Crippen LogP contribution in [0.4, 0.5) is 0 Å². The molecule has 0 amide bonds. The Bertz CT molecular complexity index is 912. The molecule has 0 radical (unpaired) electrons. The molecule has 5 heteroatoms. The zero-order valence-electron chi connectivity index (χ0n) is 23.2. The highest BCUT2D eigenvalue weighted by Gasteiger charge is 2.39. The summed E-state index contributed by atoms with van der Waals surface area (Å²) in [5.41, 5.74) is 0. The van der Waals surface area contributed by atoms with Gasteiger partial charge in [-0.1, -0.05) is 43.3 Å². The second-order valence-electron chi connectivity index (χ2n) is 5.34. The number of allylic oxidation sites excluding steroid dienone is 4. The van der Waals surface area contributed by atoms with Crippen molar-refractivity contribution in [2.75, 3.05) is 0 Å². The third kappa shape index (κ3) is 8.27. The highest BCUT2D eigenvalue weighted by Crippen LogP contribution is 2.33. The lowest BCUT2D eigenvalue weighted by Crippen LogP contribution is -2.19. The lowest BCUT2D eigenvalue weighted by Gasteiger charge is -2.17. The highest BCUT2D eigenvalue weighted by atomic mass is 16.4. The van der Waals surface area contributed by atoms with E-state index in [1.54, 1.807) is 6.92 Å². The summed E-state index contributed by atoms with van der Waals surface area (Å²) in [6.45, 7) is 1.57. The van der Waals surface area contributed by atoms with Gasteiger partial charge in [0.15, 0.2) is 0 Å². The molecular formula is C20H30O5. The summed E-state index contributed by atoms with van der Waals surface area (Å²) in [6.07, 6.45) is -8.31. The van der Waals surface area contributed by atoms with Gasteiger partial charge < -0.3 is 15.3 Å². The maximum atomic E-state index is 12.6. The number of carboxylic acid groups (broad SMARTS) is 1. The molecule has 0 aromatic heterocycles. The molecule has 3 N–H and O–H groups in total. The molecule has 0 spiro atoms. The predicted molar refractivity (Wildman–Crippen MR) is 97.0 cm³/mol. The number of hydrogen-bond acceptors (Lipinski definition) is 4. The van der Waals surface area contributed by atoms with Crippen LogP contribution < -0.4 is 0 Å². The van der Waals surface area contributed by atoms with Crippen molar-refractivity contribution in [2.45, 2.75) is 64.0 Å². The first kappa shape index (κ1) is 11.1. The quantitative estimate of drug-likeness (QED) is 0.487. The third-order valence-electron chi connectivity index (χ3n) is 3.33. The molecule has 4 atom stereocenters. The topological polar surface area (TPSA) is 94.8 Å². The summed E-state index contributed by atoms with van der Waals surface area (Å²) in [7, 11) is 0. The van der Waals surface area contributed by atoms with Crippen molar-refractivity contribution < 1.29 is 37.2 Å². The Morgan fingerprint density at radius 3 is 2.88 bits per heavy atom. The standard InChI is InChI=1S/C20H30O5/c1-2-3-6-9-15(21)12-13-17-16(18(22)14-19(17)23)10-7-4-5-8-11-20(24)25/h3-4,6-7,12-13,15-18,21-22H,2,5,8-11,14H2,1H3,(H,24,25)/b6-3-,7-4-,13-12+/t15-,16+,17+,18-/m0/s1/i3T,4T,6T,7T,12T,15T,16T,17T,18T. The van der Waals surface area contributed by atoms with Gasteiger partial charge in [-0.05, 0) is 32.1 Å². The van der Waals surface area contributed by atoms with Crippen LogP contribution in [-0.4, -0.2) is 39.2 Å². The van der Waals surface area contributed by atoms with Crippen molar-refractivity contribution in [1.29, 1.82) is 0 Å². The van der Waals surface area contributed by atoms with E-state index in [0.717, 1.165) is 0 Å². The molecule has 140 valence electrons. The molecule has 25 heavy (non-hydrogen) atoms. The minimum absolute atomic E-state index is 0.0129. The molecular weight excluding hydrogens is 320 g/mol. The molecule has 1 saturated carbocycles. The molecule has 1 aliphatic rings. The van der Waals surface area contributed by atoms with Gasteiger partial charge in [-0.25, -0.2) is 0 Å². The number of ketones is 1. The van der Waals surface area contributed by atoms with Gasteiger partial charge in [0.2, 0.25) is 0 Å². The fourth-order valence-corrected chi connectivity index (χ4v) is 2.09. The normalized spacial score (nSPS) is 42.8. The minimum Gasteiger partial charge on any atom is -0.481 e. The number of carbonyl (C=O) groups is 2. The molecule has 0 saturated heterocycles. The fourth-order valence-electron chi connectivity index (χ4n) is 2.09. The molecule has 0 bridgehead atoms. The molecule has 0 aliphatic heterocycles. The number of carbonyl (C=O) groups excluding carboxylic acids is 1. The maximum absolute atomic E-state index is 12.6. The monoisotopic (exact) mass is 368 g/mol. The summed E-state index contributed by atoms with van der Waals surface area (Å²) in [4.78, 5) is 23.3. The van der Waals surface area contributed by atoms with E-state index < -0.39 is 79.2 Å². The van der Waals surface area contributed by atoms with E-state index in [4.69, 9.17) is 17.4 Å². The van der Waals surface area contributed by atoms with Crippen molar-refractivity contribution in [2.24, 2.45) is 11.8 Å². The maximum Gasteiger partial charge on any atom is 0.303 e. The fraction of sp³-hybridized carbons (Fsp3) is 0.600. The van der Waals surface area contributed by atoms with Gasteiger partial charge in [-0.15, -0.1) is 0 Å². The zero-order valence-corrected chi connectivity index (χ0v) is 14.2. The number of Topliss-reactive ketones (excluding diaryl/α,β-unsaturated/α-hetero) is 1. The Morgan fingerprint density at radius 2 is 2.20 bits per heavy atom. The molecule has 0 heterocycles. The molecule has 1 aliphatic carbocycles. The van der Waals surface area contributed by atoms with E-state index in [1.165, 1.54) is 0 Å². The van der Waals surface area contributed by atoms with Crippen LogP contribution >= 0.6 is 0 Å². The van der Waals surface area contributed by atoms with Crippen LogP contribution in [0.15, 0.2) is 36.3 Å². The van der Waals surface area contributed by atoms with E-state index in [1.807, 2.05) is 0 Å². The second kappa shape index (κ2) is 11.8. The molecule has 5 nitrogen and oxygen atoms in total. The smallest absolute Gasteiger partial charge is 0.303 e. The number of aliphatic carboxylic acids is 1. The largest absolute Gasteiger partial charge is 0.481 e. The zero-order chi connectivity index (χ0) is 26.7. The number of carboxylic acids is 1. The van der Waals surface area contributed by atoms with Crippen LogP contribution in [0.25, 0.3) is 0 Å². The summed E-state index contributed by atoms with van der Waals surface area (Å²) in [6, 6.07) is -2.69. The van der Waals surface area contributed by atoms with Crippen molar-refractivity contribution in [3.05, 3.63) is 36.3 Å². The van der Waals surface area contributed by atoms with Crippen LogP contribution in [0.3, 0.4) is 0 Å². The summed E-state index contributed by atoms with van der Waals surface area (Å²) < 4.78 is 72.7. The van der Waals surface area contributed by atoms with Crippen LogP contribution in [0, 0.1) is 11.8 Å². The van der Waals surface area contributed by atoms with Gasteiger partial charge >= 0.3 is 5.97 Å². The Balaban J connectivity index is 3.42. The molecule has 1 fully saturated rings. The Kier molecular flexibility index (Phi) is 5.22. The van der Waals surface area contributed by atoms with Crippen molar-refractivity contribution in [1.82, 2.24) is 0 Å². The first-order valence-corrected chi connectivity index (χ1v) is 8.05. The van der Waals surface area contributed by atoms with Crippen molar-refractivity contribution in [3.63, 3.8) is 0 Å². The Morgan fingerprint density at radius 1 is 1.44 bits per heavy atom. The highest BCUT2D eigenvalue weighted by molar-refractivity contribution is 5.86. The Labute approximate surface area is 162 Å². The third-order valence-corrected chi connectivity index (χ3v) is 3.33. The first-order chi connectivity index (χ1) is 15.3. The number of hydrogen-bond donors (Lipinski definition) is 3. The second-order valence-corrected chi connectivity index (χ2v) is 5.34. The molecule has 0 aromatic carbocycles. The van der Waals surface area contributed by atoms with Crippen molar-refractivity contribution >= 4 is 11.8 Å². The van der Waals surface area contributed by atoms with E-state index >= 15 is 0 Å². The molecule has 0 aromatic rings. The summed E-state index contributed by atoms with van der Waals surface area (Å²) in [5, 5.41) is 29.5. The summed E-state index contributed by atoms with van der Waals surface area (Å²) >= 11 is 0. The molecule has 1 rings (SSSR count). The van der Waals surface area contributed by atoms with E-state index in [0.29, 0.717) is 6.08 Å². The number of rotatable bonds is 11. The SMILES string of the molecule is [3H]/C(CC)=C(\[3H])C[C@]([3H])(O)/C([3H])=C/[C@@]1([3H])C(=O)C[C@]([3H])(O)[C@]1([3H])C/C([3H])=C(/[3H])CCCC(=O)O. The van der Waals surface area contributed by atoms with Gasteiger partial charge in [-0.3, -0.25) is 9.59 Å². The molecule has 0 unspecified atom stereocenters. The summed E-state index contributed by atoms with van der Waals surface area (Å²) in [5.74, 6) is -7.91. The van der Waals surface area contributed by atoms with Crippen LogP contribution in [0.1, 0.15) is 64.2 Å². The lowest BCUT2D eigenvalue weighted by molar-refractivity contribution is -0.137. The van der Waals surface area contributed by atoms with Gasteiger partial charge in [-0.2, -0.15) is 0 Å². The van der Waals surface area contributed by atoms with Crippen LogP contribution in [0.2, 0.25) is 0 Å². The predicted octanol–water partition coefficient (Wildman–Crippen LogP) is 3.03. The van der Waals surface area contributed by atoms with Gasteiger partial charge in [0, 0.05) is 27.4 Å². The van der Waals surface area contributed by atoms with Gasteiger partial charge in [0.05, 0.1) is 21.8 Å². The average molecular weight is 369 g/mol. The first-order valence-electron chi connectivity index (χ1n) is 12.5.